The average molecular weight is 270 g/mol. The van der Waals surface area contributed by atoms with Crippen molar-refractivity contribution in [2.75, 3.05) is 27.2 Å². The van der Waals surface area contributed by atoms with Crippen LogP contribution in [0.15, 0.2) is 5.16 Å². The fourth-order valence-corrected chi connectivity index (χ4v) is 2.64. The molecule has 2 atom stereocenters. The van der Waals surface area contributed by atoms with Crippen molar-refractivity contribution < 1.29 is 10.0 Å². The monoisotopic (exact) mass is 270 g/mol. The number of nitrogens with two attached hydrogens (primary N) is 1. The maximum Gasteiger partial charge on any atom is 0.233 e. The number of nitrogens with zero attached hydrogens (tertiary/aromatic N) is 3. The fourth-order valence-electron chi connectivity index (χ4n) is 2.64. The standard InChI is InChI=1S/C13H26N4O2/c1-4-6-11(12(14)15-19)13(18)17(3)9-10-7-5-8-16(10)2/h10-11,19H,4-9H2,1-3H3,(H2,14,15). The van der Waals surface area contributed by atoms with Crippen LogP contribution in [-0.4, -0.2) is 60.0 Å². The van der Waals surface area contributed by atoms with Crippen LogP contribution in [0.25, 0.3) is 0 Å². The van der Waals surface area contributed by atoms with Gasteiger partial charge in [0.05, 0.1) is 5.92 Å². The number of hydrogen-bond acceptors (Lipinski definition) is 4. The Morgan fingerprint density at radius 3 is 2.79 bits per heavy atom. The second kappa shape index (κ2) is 7.33. The molecule has 1 heterocycles. The number of likely N-dealkylation sites (tertiary alicyclic amines) is 1. The van der Waals surface area contributed by atoms with E-state index in [9.17, 15) is 4.79 Å². The lowest BCUT2D eigenvalue weighted by molar-refractivity contribution is -0.132. The van der Waals surface area contributed by atoms with Crippen molar-refractivity contribution in [1.82, 2.24) is 9.80 Å². The maximum absolute atomic E-state index is 12.4. The van der Waals surface area contributed by atoms with Crippen molar-refractivity contribution in [3.63, 3.8) is 0 Å². The van der Waals surface area contributed by atoms with Crippen LogP contribution in [0.2, 0.25) is 0 Å². The summed E-state index contributed by atoms with van der Waals surface area (Å²) in [6.07, 6.45) is 3.74. The van der Waals surface area contributed by atoms with E-state index in [0.29, 0.717) is 19.0 Å². The number of carbonyl (C=O) groups excluding carboxylic acids is 1. The second-order valence-electron chi connectivity index (χ2n) is 5.36. The summed E-state index contributed by atoms with van der Waals surface area (Å²) in [6, 6.07) is 0.420. The molecule has 0 aromatic rings. The van der Waals surface area contributed by atoms with Gasteiger partial charge in [0.2, 0.25) is 5.91 Å². The maximum atomic E-state index is 12.4. The van der Waals surface area contributed by atoms with Crippen LogP contribution in [0.4, 0.5) is 0 Å². The molecule has 0 saturated carbocycles. The molecule has 110 valence electrons. The minimum atomic E-state index is -0.508. The van der Waals surface area contributed by atoms with Gasteiger partial charge in [-0.2, -0.15) is 0 Å². The van der Waals surface area contributed by atoms with E-state index in [2.05, 4.69) is 17.1 Å². The van der Waals surface area contributed by atoms with Crippen LogP contribution in [0, 0.1) is 5.92 Å². The summed E-state index contributed by atoms with van der Waals surface area (Å²) in [6.45, 7) is 3.77. The number of hydrogen-bond donors (Lipinski definition) is 2. The first-order valence-electron chi connectivity index (χ1n) is 6.93. The SMILES string of the molecule is CCCC(C(=O)N(C)CC1CCCN1C)C(N)=NO. The summed E-state index contributed by atoms with van der Waals surface area (Å²) in [5.74, 6) is -0.553. The normalized spacial score (nSPS) is 22.5. The van der Waals surface area contributed by atoms with Gasteiger partial charge in [-0.3, -0.25) is 4.79 Å². The number of amides is 1. The molecule has 19 heavy (non-hydrogen) atoms. The number of amidine groups is 1. The Bertz CT molecular complexity index is 333. The van der Waals surface area contributed by atoms with Crippen molar-refractivity contribution in [2.24, 2.45) is 16.8 Å². The van der Waals surface area contributed by atoms with Gasteiger partial charge in [0.25, 0.3) is 0 Å². The van der Waals surface area contributed by atoms with Crippen LogP contribution < -0.4 is 5.73 Å². The topological polar surface area (TPSA) is 82.2 Å². The van der Waals surface area contributed by atoms with Crippen LogP contribution >= 0.6 is 0 Å². The minimum absolute atomic E-state index is 0.0125. The molecular formula is C13H26N4O2. The zero-order valence-corrected chi connectivity index (χ0v) is 12.2. The third kappa shape index (κ3) is 4.09. The second-order valence-corrected chi connectivity index (χ2v) is 5.36. The van der Waals surface area contributed by atoms with Crippen molar-refractivity contribution >= 4 is 11.7 Å². The number of likely N-dealkylation sites (N-methyl/N-ethyl adjacent to an activating group) is 2. The Hall–Kier alpha value is -1.30. The lowest BCUT2D eigenvalue weighted by atomic mass is 10.0. The first kappa shape index (κ1) is 15.8. The Balaban J connectivity index is 2.62. The first-order valence-corrected chi connectivity index (χ1v) is 6.93. The molecule has 0 bridgehead atoms. The van der Waals surface area contributed by atoms with E-state index in [4.69, 9.17) is 10.9 Å². The molecule has 1 saturated heterocycles. The summed E-state index contributed by atoms with van der Waals surface area (Å²) in [5, 5.41) is 11.8. The third-order valence-corrected chi connectivity index (χ3v) is 3.88. The van der Waals surface area contributed by atoms with Crippen molar-refractivity contribution in [2.45, 2.75) is 38.6 Å². The average Bonchev–Trinajstić information content (AvgIpc) is 2.79. The molecule has 0 aliphatic carbocycles. The Labute approximate surface area is 115 Å². The van der Waals surface area contributed by atoms with Crippen LogP contribution in [0.1, 0.15) is 32.6 Å². The molecule has 0 radical (unpaired) electrons. The van der Waals surface area contributed by atoms with Crippen LogP contribution in [0.3, 0.4) is 0 Å². The molecule has 0 spiro atoms. The number of carbonyl (C=O) groups is 1. The van der Waals surface area contributed by atoms with Gasteiger partial charge in [0.15, 0.2) is 5.84 Å². The summed E-state index contributed by atoms with van der Waals surface area (Å²) < 4.78 is 0. The smallest absolute Gasteiger partial charge is 0.233 e. The molecule has 3 N–H and O–H groups in total. The predicted molar refractivity (Wildman–Crippen MR) is 75.1 cm³/mol. The van der Waals surface area contributed by atoms with Gasteiger partial charge in [0.1, 0.15) is 0 Å². The molecule has 1 amide bonds. The van der Waals surface area contributed by atoms with Gasteiger partial charge in [-0.05, 0) is 32.9 Å². The third-order valence-electron chi connectivity index (χ3n) is 3.88. The minimum Gasteiger partial charge on any atom is -0.409 e. The molecule has 0 aromatic heterocycles. The van der Waals surface area contributed by atoms with Crippen LogP contribution in [-0.2, 0) is 4.79 Å². The fraction of sp³-hybridized carbons (Fsp3) is 0.846. The lowest BCUT2D eigenvalue weighted by Crippen LogP contribution is -2.45. The molecule has 1 rings (SSSR count). The van der Waals surface area contributed by atoms with E-state index in [1.54, 1.807) is 11.9 Å². The highest BCUT2D eigenvalue weighted by Gasteiger charge is 2.29. The number of oxime groups is 1. The largest absolute Gasteiger partial charge is 0.409 e. The number of rotatable bonds is 6. The summed E-state index contributed by atoms with van der Waals surface area (Å²) in [4.78, 5) is 16.4. The summed E-state index contributed by atoms with van der Waals surface area (Å²) in [5.41, 5.74) is 5.62. The van der Waals surface area contributed by atoms with Gasteiger partial charge in [0, 0.05) is 19.6 Å². The zero-order chi connectivity index (χ0) is 14.4. The zero-order valence-electron chi connectivity index (χ0n) is 12.2. The van der Waals surface area contributed by atoms with E-state index in [-0.39, 0.29) is 11.7 Å². The van der Waals surface area contributed by atoms with Crippen molar-refractivity contribution in [1.29, 1.82) is 0 Å². The molecule has 1 aliphatic rings. The Kier molecular flexibility index (Phi) is 6.08. The van der Waals surface area contributed by atoms with E-state index in [0.717, 1.165) is 19.4 Å². The van der Waals surface area contributed by atoms with Crippen molar-refractivity contribution in [3.8, 4) is 0 Å². The quantitative estimate of drug-likeness (QED) is 0.322. The van der Waals surface area contributed by atoms with Gasteiger partial charge in [-0.25, -0.2) is 0 Å². The molecule has 6 heteroatoms. The first-order chi connectivity index (χ1) is 9.01. The van der Waals surface area contributed by atoms with Gasteiger partial charge >= 0.3 is 0 Å². The molecule has 2 unspecified atom stereocenters. The molecule has 1 fully saturated rings. The van der Waals surface area contributed by atoms with Gasteiger partial charge in [-0.15, -0.1) is 0 Å². The van der Waals surface area contributed by atoms with Gasteiger partial charge < -0.3 is 20.7 Å². The van der Waals surface area contributed by atoms with E-state index in [1.807, 2.05) is 6.92 Å². The van der Waals surface area contributed by atoms with E-state index in [1.165, 1.54) is 6.42 Å². The highest BCUT2D eigenvalue weighted by atomic mass is 16.4. The van der Waals surface area contributed by atoms with E-state index < -0.39 is 5.92 Å². The highest BCUT2D eigenvalue weighted by Crippen LogP contribution is 2.17. The van der Waals surface area contributed by atoms with Gasteiger partial charge in [-0.1, -0.05) is 18.5 Å². The molecule has 6 nitrogen and oxygen atoms in total. The molecule has 0 aromatic carbocycles. The van der Waals surface area contributed by atoms with Crippen LogP contribution in [0.5, 0.6) is 0 Å². The molecular weight excluding hydrogens is 244 g/mol. The van der Waals surface area contributed by atoms with E-state index >= 15 is 0 Å². The Morgan fingerprint density at radius 1 is 1.63 bits per heavy atom. The Morgan fingerprint density at radius 2 is 2.32 bits per heavy atom. The lowest BCUT2D eigenvalue weighted by Gasteiger charge is -2.28. The summed E-state index contributed by atoms with van der Waals surface area (Å²) in [7, 11) is 3.88. The molecule has 1 aliphatic heterocycles. The summed E-state index contributed by atoms with van der Waals surface area (Å²) >= 11 is 0. The predicted octanol–water partition coefficient (Wildman–Crippen LogP) is 0.702. The highest BCUT2D eigenvalue weighted by molar-refractivity contribution is 6.01. The van der Waals surface area contributed by atoms with Crippen molar-refractivity contribution in [3.05, 3.63) is 0 Å².